The fourth-order valence-corrected chi connectivity index (χ4v) is 3.38. The van der Waals surface area contributed by atoms with E-state index in [2.05, 4.69) is 31.2 Å². The van der Waals surface area contributed by atoms with Crippen molar-refractivity contribution >= 4 is 11.9 Å². The molecule has 0 aromatic heterocycles. The molecule has 2 aromatic rings. The molecular weight excluding hydrogens is 388 g/mol. The maximum atomic E-state index is 12.3. The fraction of sp³-hybridized carbons (Fsp3) is 0.481. The summed E-state index contributed by atoms with van der Waals surface area (Å²) in [7, 11) is 0. The maximum absolute atomic E-state index is 12.3. The molecule has 0 heterocycles. The van der Waals surface area contributed by atoms with Crippen LogP contribution in [-0.2, 0) is 20.7 Å². The molecule has 1 unspecified atom stereocenters. The van der Waals surface area contributed by atoms with Gasteiger partial charge in [-0.3, -0.25) is 0 Å². The Morgan fingerprint density at radius 1 is 0.742 bits per heavy atom. The van der Waals surface area contributed by atoms with Crippen LogP contribution in [-0.4, -0.2) is 24.1 Å². The number of hydrogen-bond donors (Lipinski definition) is 0. The number of hydrogen-bond acceptors (Lipinski definition) is 4. The number of carbonyl (C=O) groups excluding carboxylic acids is 2. The van der Waals surface area contributed by atoms with Gasteiger partial charge in [-0.1, -0.05) is 75.4 Å². The average molecular weight is 425 g/mol. The van der Waals surface area contributed by atoms with Gasteiger partial charge in [0.05, 0.1) is 11.7 Å². The van der Waals surface area contributed by atoms with Gasteiger partial charge in [0.1, 0.15) is 0 Å². The Morgan fingerprint density at radius 2 is 1.29 bits per heavy atom. The van der Waals surface area contributed by atoms with Crippen LogP contribution in [0.2, 0.25) is 0 Å². The lowest BCUT2D eigenvalue weighted by molar-refractivity contribution is -0.156. The zero-order valence-corrected chi connectivity index (χ0v) is 19.4. The number of esters is 2. The summed E-state index contributed by atoms with van der Waals surface area (Å²) in [6.45, 7) is 7.27. The second-order valence-electron chi connectivity index (χ2n) is 8.33. The van der Waals surface area contributed by atoms with Gasteiger partial charge in [-0.2, -0.15) is 0 Å². The van der Waals surface area contributed by atoms with Crippen molar-refractivity contribution in [2.45, 2.75) is 84.8 Å². The highest BCUT2D eigenvalue weighted by Crippen LogP contribution is 2.22. The molecule has 31 heavy (non-hydrogen) atoms. The van der Waals surface area contributed by atoms with Crippen molar-refractivity contribution in [2.24, 2.45) is 0 Å². The minimum absolute atomic E-state index is 0.245. The molecule has 168 valence electrons. The van der Waals surface area contributed by atoms with Gasteiger partial charge in [-0.05, 0) is 62.4 Å². The Labute approximate surface area is 187 Å². The fourth-order valence-electron chi connectivity index (χ4n) is 3.38. The van der Waals surface area contributed by atoms with Gasteiger partial charge in [0.25, 0.3) is 0 Å². The highest BCUT2D eigenvalue weighted by molar-refractivity contribution is 5.92. The Kier molecular flexibility index (Phi) is 10.3. The summed E-state index contributed by atoms with van der Waals surface area (Å²) in [6, 6.07) is 15.9. The molecule has 2 aromatic carbocycles. The first-order chi connectivity index (χ1) is 14.9. The molecule has 4 nitrogen and oxygen atoms in total. The summed E-state index contributed by atoms with van der Waals surface area (Å²) >= 11 is 0. The number of carbonyl (C=O) groups is 2. The van der Waals surface area contributed by atoms with Crippen LogP contribution in [0.1, 0.15) is 82.1 Å². The van der Waals surface area contributed by atoms with E-state index in [4.69, 9.17) is 9.47 Å². The molecule has 0 saturated carbocycles. The van der Waals surface area contributed by atoms with E-state index in [0.29, 0.717) is 5.56 Å². The first kappa shape index (κ1) is 24.6. The van der Waals surface area contributed by atoms with Crippen molar-refractivity contribution in [3.8, 4) is 11.1 Å². The third-order valence-corrected chi connectivity index (χ3v) is 5.19. The second-order valence-corrected chi connectivity index (χ2v) is 8.33. The summed E-state index contributed by atoms with van der Waals surface area (Å²) in [5.74, 6) is -1.07. The van der Waals surface area contributed by atoms with Crippen LogP contribution in [0.5, 0.6) is 0 Å². The van der Waals surface area contributed by atoms with Gasteiger partial charge >= 0.3 is 11.9 Å². The van der Waals surface area contributed by atoms with Gasteiger partial charge in [0.2, 0.25) is 0 Å². The molecule has 0 N–H and O–H groups in total. The summed E-state index contributed by atoms with van der Waals surface area (Å²) in [4.78, 5) is 24.1. The SMILES string of the molecule is CCCCCCCCc1ccc(-c2ccc(C(=O)OC(C)C(=O)OC(C)C)cc2)cc1. The predicted molar refractivity (Wildman–Crippen MR) is 125 cm³/mol. The number of ether oxygens (including phenoxy) is 2. The molecule has 0 aliphatic heterocycles. The van der Waals surface area contributed by atoms with Crippen LogP contribution in [0.3, 0.4) is 0 Å². The van der Waals surface area contributed by atoms with Gasteiger partial charge in [-0.15, -0.1) is 0 Å². The van der Waals surface area contributed by atoms with Gasteiger partial charge < -0.3 is 9.47 Å². The van der Waals surface area contributed by atoms with Crippen LogP contribution < -0.4 is 0 Å². The van der Waals surface area contributed by atoms with Crippen molar-refractivity contribution < 1.29 is 19.1 Å². The standard InChI is InChI=1S/C27H36O4/c1-5-6-7-8-9-10-11-22-12-14-23(15-13-22)24-16-18-25(19-17-24)27(29)31-21(4)26(28)30-20(2)3/h12-21H,5-11H2,1-4H3. The second kappa shape index (κ2) is 12.9. The molecule has 0 amide bonds. The first-order valence-corrected chi connectivity index (χ1v) is 11.5. The Balaban J connectivity index is 1.86. The van der Waals surface area contributed by atoms with Crippen LogP contribution in [0, 0.1) is 0 Å². The molecule has 0 bridgehead atoms. The Bertz CT molecular complexity index is 806. The summed E-state index contributed by atoms with van der Waals surface area (Å²) in [5.41, 5.74) is 3.92. The molecule has 0 fully saturated rings. The van der Waals surface area contributed by atoms with E-state index in [1.54, 1.807) is 26.0 Å². The minimum Gasteiger partial charge on any atom is -0.460 e. The topological polar surface area (TPSA) is 52.6 Å². The normalized spacial score (nSPS) is 11.9. The van der Waals surface area contributed by atoms with Crippen molar-refractivity contribution in [3.63, 3.8) is 0 Å². The van der Waals surface area contributed by atoms with Crippen molar-refractivity contribution in [3.05, 3.63) is 59.7 Å². The quantitative estimate of drug-likeness (QED) is 0.279. The molecule has 0 aliphatic carbocycles. The zero-order chi connectivity index (χ0) is 22.6. The summed E-state index contributed by atoms with van der Waals surface area (Å²) in [5, 5.41) is 0. The molecule has 0 aliphatic rings. The summed E-state index contributed by atoms with van der Waals surface area (Å²) in [6.07, 6.45) is 7.78. The largest absolute Gasteiger partial charge is 0.460 e. The van der Waals surface area contributed by atoms with Crippen LogP contribution in [0.25, 0.3) is 11.1 Å². The zero-order valence-electron chi connectivity index (χ0n) is 19.4. The Hall–Kier alpha value is -2.62. The van der Waals surface area contributed by atoms with E-state index in [9.17, 15) is 9.59 Å². The van der Waals surface area contributed by atoms with Crippen LogP contribution in [0.4, 0.5) is 0 Å². The number of benzene rings is 2. The third kappa shape index (κ3) is 8.56. The minimum atomic E-state index is -0.936. The van der Waals surface area contributed by atoms with E-state index in [-0.39, 0.29) is 6.10 Å². The Morgan fingerprint density at radius 3 is 1.87 bits per heavy atom. The van der Waals surface area contributed by atoms with Crippen LogP contribution >= 0.6 is 0 Å². The van der Waals surface area contributed by atoms with Crippen LogP contribution in [0.15, 0.2) is 48.5 Å². The van der Waals surface area contributed by atoms with Crippen molar-refractivity contribution in [2.75, 3.05) is 0 Å². The van der Waals surface area contributed by atoms with Gasteiger partial charge in [0.15, 0.2) is 6.10 Å². The molecule has 0 saturated heterocycles. The number of rotatable bonds is 12. The molecule has 0 spiro atoms. The molecular formula is C27H36O4. The highest BCUT2D eigenvalue weighted by Gasteiger charge is 2.21. The van der Waals surface area contributed by atoms with E-state index in [1.807, 2.05) is 12.1 Å². The first-order valence-electron chi connectivity index (χ1n) is 11.5. The lowest BCUT2D eigenvalue weighted by Gasteiger charge is -2.14. The lowest BCUT2D eigenvalue weighted by Crippen LogP contribution is -2.28. The molecule has 4 heteroatoms. The average Bonchev–Trinajstić information content (AvgIpc) is 2.76. The molecule has 1 atom stereocenters. The molecule has 0 radical (unpaired) electrons. The number of unbranched alkanes of at least 4 members (excludes halogenated alkanes) is 5. The third-order valence-electron chi connectivity index (χ3n) is 5.19. The predicted octanol–water partition coefficient (Wildman–Crippen LogP) is 6.75. The smallest absolute Gasteiger partial charge is 0.347 e. The van der Waals surface area contributed by atoms with Crippen molar-refractivity contribution in [1.29, 1.82) is 0 Å². The van der Waals surface area contributed by atoms with E-state index < -0.39 is 18.0 Å². The van der Waals surface area contributed by atoms with E-state index in [0.717, 1.165) is 17.5 Å². The maximum Gasteiger partial charge on any atom is 0.347 e. The van der Waals surface area contributed by atoms with E-state index in [1.165, 1.54) is 51.0 Å². The van der Waals surface area contributed by atoms with Gasteiger partial charge in [-0.25, -0.2) is 9.59 Å². The van der Waals surface area contributed by atoms with Crippen molar-refractivity contribution in [1.82, 2.24) is 0 Å². The monoisotopic (exact) mass is 424 g/mol. The van der Waals surface area contributed by atoms with E-state index >= 15 is 0 Å². The summed E-state index contributed by atoms with van der Waals surface area (Å²) < 4.78 is 10.3. The highest BCUT2D eigenvalue weighted by atomic mass is 16.6. The lowest BCUT2D eigenvalue weighted by atomic mass is 10.00. The van der Waals surface area contributed by atoms with Gasteiger partial charge in [0, 0.05) is 0 Å². The molecule has 2 rings (SSSR count). The number of aryl methyl sites for hydroxylation is 1.